The van der Waals surface area contributed by atoms with Crippen molar-refractivity contribution in [2.45, 2.75) is 0 Å². The first-order valence-corrected chi connectivity index (χ1v) is 5.82. The molecule has 2 N–H and O–H groups in total. The molecule has 0 saturated carbocycles. The minimum atomic E-state index is -0.294. The first-order valence-electron chi connectivity index (χ1n) is 5.82. The highest BCUT2D eigenvalue weighted by molar-refractivity contribution is 5.86. The second kappa shape index (κ2) is 4.57. The van der Waals surface area contributed by atoms with E-state index >= 15 is 0 Å². The predicted molar refractivity (Wildman–Crippen MR) is 71.7 cm³/mol. The van der Waals surface area contributed by atoms with E-state index in [1.165, 1.54) is 12.1 Å². The minimum Gasteiger partial charge on any atom is -0.380 e. The van der Waals surface area contributed by atoms with E-state index in [2.05, 4.69) is 5.16 Å². The Labute approximate surface area is 109 Å². The molecule has 3 nitrogen and oxygen atoms in total. The molecule has 0 unspecified atom stereocenters. The Hall–Kier alpha value is -2.62. The van der Waals surface area contributed by atoms with Crippen LogP contribution in [0.4, 0.5) is 10.2 Å². The van der Waals surface area contributed by atoms with Gasteiger partial charge in [0.25, 0.3) is 0 Å². The van der Waals surface area contributed by atoms with Crippen molar-refractivity contribution in [2.24, 2.45) is 0 Å². The average Bonchev–Trinajstić information content (AvgIpc) is 2.82. The summed E-state index contributed by atoms with van der Waals surface area (Å²) in [4.78, 5) is 0. The van der Waals surface area contributed by atoms with Crippen LogP contribution >= 0.6 is 0 Å². The summed E-state index contributed by atoms with van der Waals surface area (Å²) >= 11 is 0. The summed E-state index contributed by atoms with van der Waals surface area (Å²) in [6, 6.07) is 15.6. The molecule has 0 bridgehead atoms. The van der Waals surface area contributed by atoms with Crippen molar-refractivity contribution >= 4 is 5.82 Å². The van der Waals surface area contributed by atoms with Crippen LogP contribution in [0.15, 0.2) is 59.1 Å². The van der Waals surface area contributed by atoms with Crippen LogP contribution in [0.2, 0.25) is 0 Å². The van der Waals surface area contributed by atoms with Crippen molar-refractivity contribution in [3.05, 3.63) is 60.4 Å². The fourth-order valence-corrected chi connectivity index (χ4v) is 1.98. The van der Waals surface area contributed by atoms with Crippen LogP contribution in [-0.4, -0.2) is 5.16 Å². The van der Waals surface area contributed by atoms with Crippen molar-refractivity contribution in [3.63, 3.8) is 0 Å². The van der Waals surface area contributed by atoms with E-state index in [0.717, 1.165) is 16.7 Å². The molecule has 0 aliphatic carbocycles. The molecule has 0 fully saturated rings. The largest absolute Gasteiger partial charge is 0.380 e. The number of nitrogens with two attached hydrogens (primary N) is 1. The Morgan fingerprint density at radius 1 is 0.895 bits per heavy atom. The van der Waals surface area contributed by atoms with Gasteiger partial charge in [-0.15, -0.1) is 0 Å². The van der Waals surface area contributed by atoms with Crippen LogP contribution < -0.4 is 5.73 Å². The predicted octanol–water partition coefficient (Wildman–Crippen LogP) is 3.73. The van der Waals surface area contributed by atoms with Gasteiger partial charge in [0.2, 0.25) is 0 Å². The molecule has 0 aliphatic heterocycles. The molecule has 0 atom stereocenters. The zero-order chi connectivity index (χ0) is 13.2. The molecule has 4 heteroatoms. The number of rotatable bonds is 2. The lowest BCUT2D eigenvalue weighted by atomic mass is 10.0. The second-order valence-electron chi connectivity index (χ2n) is 4.14. The Balaban J connectivity index is 2.16. The van der Waals surface area contributed by atoms with Crippen LogP contribution in [0, 0.1) is 5.82 Å². The molecule has 1 heterocycles. The van der Waals surface area contributed by atoms with Gasteiger partial charge in [0.15, 0.2) is 11.6 Å². The highest BCUT2D eigenvalue weighted by Gasteiger charge is 2.17. The molecule has 0 radical (unpaired) electrons. The van der Waals surface area contributed by atoms with Gasteiger partial charge < -0.3 is 10.3 Å². The number of anilines is 1. The van der Waals surface area contributed by atoms with Crippen molar-refractivity contribution < 1.29 is 8.91 Å². The Kier molecular flexibility index (Phi) is 2.76. The molecule has 94 valence electrons. The maximum Gasteiger partial charge on any atom is 0.176 e. The summed E-state index contributed by atoms with van der Waals surface area (Å²) in [6.07, 6.45) is 0. The molecule has 0 aliphatic rings. The molecule has 3 rings (SSSR count). The van der Waals surface area contributed by atoms with E-state index in [1.54, 1.807) is 12.1 Å². The fraction of sp³-hybridized carbons (Fsp3) is 0. The zero-order valence-corrected chi connectivity index (χ0v) is 10.0. The van der Waals surface area contributed by atoms with Gasteiger partial charge in [-0.05, 0) is 29.8 Å². The van der Waals surface area contributed by atoms with Crippen LogP contribution in [-0.2, 0) is 0 Å². The monoisotopic (exact) mass is 254 g/mol. The third-order valence-corrected chi connectivity index (χ3v) is 2.89. The quantitative estimate of drug-likeness (QED) is 0.758. The fourth-order valence-electron chi connectivity index (χ4n) is 1.98. The topological polar surface area (TPSA) is 52.0 Å². The van der Waals surface area contributed by atoms with Crippen LogP contribution in [0.3, 0.4) is 0 Å². The summed E-state index contributed by atoms with van der Waals surface area (Å²) in [5.41, 5.74) is 8.25. The third kappa shape index (κ3) is 2.08. The number of hydrogen-bond donors (Lipinski definition) is 1. The summed E-state index contributed by atoms with van der Waals surface area (Å²) in [5, 5.41) is 3.80. The Bertz CT molecular complexity index is 690. The summed E-state index contributed by atoms with van der Waals surface area (Å²) < 4.78 is 18.2. The molecular weight excluding hydrogens is 243 g/mol. The van der Waals surface area contributed by atoms with Gasteiger partial charge in [-0.25, -0.2) is 4.39 Å². The lowest BCUT2D eigenvalue weighted by Crippen LogP contribution is -1.88. The van der Waals surface area contributed by atoms with Gasteiger partial charge in [-0.2, -0.15) is 0 Å². The number of halogens is 1. The normalized spacial score (nSPS) is 10.6. The molecule has 0 amide bonds. The Morgan fingerprint density at radius 2 is 1.58 bits per heavy atom. The minimum absolute atomic E-state index is 0.294. The molecule has 1 aromatic heterocycles. The lowest BCUT2D eigenvalue weighted by Gasteiger charge is -2.02. The molecule has 0 saturated heterocycles. The summed E-state index contributed by atoms with van der Waals surface area (Å²) in [7, 11) is 0. The number of nitrogen functional groups attached to an aromatic ring is 1. The molecular formula is C15H11FN2O. The van der Waals surface area contributed by atoms with Crippen LogP contribution in [0.25, 0.3) is 22.5 Å². The smallest absolute Gasteiger partial charge is 0.176 e. The highest BCUT2D eigenvalue weighted by atomic mass is 19.1. The van der Waals surface area contributed by atoms with Crippen molar-refractivity contribution in [1.82, 2.24) is 5.16 Å². The maximum atomic E-state index is 13.0. The summed E-state index contributed by atoms with van der Waals surface area (Å²) in [5.74, 6) is 0.576. The van der Waals surface area contributed by atoms with E-state index in [9.17, 15) is 4.39 Å². The van der Waals surface area contributed by atoms with E-state index < -0.39 is 0 Å². The van der Waals surface area contributed by atoms with Crippen LogP contribution in [0.5, 0.6) is 0 Å². The molecule has 0 spiro atoms. The van der Waals surface area contributed by atoms with Gasteiger partial charge >= 0.3 is 0 Å². The third-order valence-electron chi connectivity index (χ3n) is 2.89. The number of nitrogens with zero attached hydrogens (tertiary/aromatic N) is 1. The van der Waals surface area contributed by atoms with E-state index in [1.807, 2.05) is 30.3 Å². The van der Waals surface area contributed by atoms with Crippen LogP contribution in [0.1, 0.15) is 0 Å². The van der Waals surface area contributed by atoms with Gasteiger partial charge in [0.05, 0.1) is 5.56 Å². The molecule has 3 aromatic rings. The van der Waals surface area contributed by atoms with E-state index in [0.29, 0.717) is 11.6 Å². The van der Waals surface area contributed by atoms with E-state index in [4.69, 9.17) is 10.3 Å². The second-order valence-corrected chi connectivity index (χ2v) is 4.14. The standard InChI is InChI=1S/C15H11FN2O/c16-12-8-6-11(7-9-12)14-13(15(17)18-19-14)10-4-2-1-3-5-10/h1-9H,(H2,17,18). The lowest BCUT2D eigenvalue weighted by molar-refractivity contribution is 0.436. The first kappa shape index (κ1) is 11.5. The maximum absolute atomic E-state index is 13.0. The van der Waals surface area contributed by atoms with Crippen molar-refractivity contribution in [2.75, 3.05) is 5.73 Å². The van der Waals surface area contributed by atoms with E-state index in [-0.39, 0.29) is 5.82 Å². The van der Waals surface area contributed by atoms with Crippen molar-refractivity contribution in [3.8, 4) is 22.5 Å². The number of benzene rings is 2. The van der Waals surface area contributed by atoms with Gasteiger partial charge in [0, 0.05) is 5.56 Å². The zero-order valence-electron chi connectivity index (χ0n) is 10.0. The highest BCUT2D eigenvalue weighted by Crippen LogP contribution is 2.36. The van der Waals surface area contributed by atoms with Crippen molar-refractivity contribution in [1.29, 1.82) is 0 Å². The van der Waals surface area contributed by atoms with Gasteiger partial charge in [-0.1, -0.05) is 35.5 Å². The van der Waals surface area contributed by atoms with Gasteiger partial charge in [0.1, 0.15) is 5.82 Å². The SMILES string of the molecule is Nc1noc(-c2ccc(F)cc2)c1-c1ccccc1. The molecule has 19 heavy (non-hydrogen) atoms. The number of hydrogen-bond acceptors (Lipinski definition) is 3. The van der Waals surface area contributed by atoms with Gasteiger partial charge in [-0.3, -0.25) is 0 Å². The first-order chi connectivity index (χ1) is 9.25. The Morgan fingerprint density at radius 3 is 2.26 bits per heavy atom. The summed E-state index contributed by atoms with van der Waals surface area (Å²) in [6.45, 7) is 0. The molecule has 2 aromatic carbocycles. The average molecular weight is 254 g/mol. The number of aromatic nitrogens is 1.